The number of halogens is 2. The van der Waals surface area contributed by atoms with Crippen LogP contribution < -0.4 is 10.6 Å². The molecule has 0 spiro atoms. The van der Waals surface area contributed by atoms with Crippen LogP contribution in [0.15, 0.2) is 22.7 Å². The molecule has 23 heavy (non-hydrogen) atoms. The van der Waals surface area contributed by atoms with Gasteiger partial charge in [0, 0.05) is 37.4 Å². The monoisotopic (exact) mass is 357 g/mol. The average Bonchev–Trinajstić information content (AvgIpc) is 3.16. The molecule has 4 rings (SSSR count). The highest BCUT2D eigenvalue weighted by atomic mass is 35.5. The van der Waals surface area contributed by atoms with Gasteiger partial charge in [0.2, 0.25) is 0 Å². The van der Waals surface area contributed by atoms with E-state index in [1.807, 2.05) is 6.07 Å². The van der Waals surface area contributed by atoms with E-state index in [1.54, 1.807) is 0 Å². The highest BCUT2D eigenvalue weighted by molar-refractivity contribution is 5.85. The second-order valence-corrected chi connectivity index (χ2v) is 5.71. The van der Waals surface area contributed by atoms with Crippen molar-refractivity contribution in [1.82, 2.24) is 20.4 Å². The fourth-order valence-corrected chi connectivity index (χ4v) is 3.02. The number of rotatable bonds is 2. The van der Waals surface area contributed by atoms with Crippen LogP contribution in [0.5, 0.6) is 0 Å². The second kappa shape index (κ2) is 7.49. The molecule has 126 valence electrons. The minimum Gasteiger partial charge on any atom is -0.384 e. The van der Waals surface area contributed by atoms with Gasteiger partial charge in [-0.2, -0.15) is 4.98 Å². The maximum absolute atomic E-state index is 5.48. The zero-order valence-corrected chi connectivity index (χ0v) is 14.5. The number of fused-ring (bicyclic) bond motifs is 1. The lowest BCUT2D eigenvalue weighted by Crippen LogP contribution is -2.44. The summed E-state index contributed by atoms with van der Waals surface area (Å²) in [5.74, 6) is 1.37. The summed E-state index contributed by atoms with van der Waals surface area (Å²) in [6.07, 6.45) is 1.06. The van der Waals surface area contributed by atoms with Gasteiger partial charge in [-0.3, -0.25) is 4.90 Å². The van der Waals surface area contributed by atoms with Crippen molar-refractivity contribution in [2.24, 2.45) is 0 Å². The van der Waals surface area contributed by atoms with Crippen molar-refractivity contribution < 1.29 is 4.52 Å². The van der Waals surface area contributed by atoms with Crippen molar-refractivity contribution in [2.45, 2.75) is 12.5 Å². The SMILES string of the molecule is CN1CCNCC1c1noc(-c2ccc3c(c2)CCN3)n1.Cl.Cl. The van der Waals surface area contributed by atoms with Crippen molar-refractivity contribution in [2.75, 3.05) is 38.5 Å². The summed E-state index contributed by atoms with van der Waals surface area (Å²) in [5.41, 5.74) is 3.54. The lowest BCUT2D eigenvalue weighted by molar-refractivity contribution is 0.190. The third kappa shape index (κ3) is 3.45. The van der Waals surface area contributed by atoms with E-state index >= 15 is 0 Å². The molecule has 0 aliphatic carbocycles. The van der Waals surface area contributed by atoms with Gasteiger partial charge < -0.3 is 15.2 Å². The first-order valence-corrected chi connectivity index (χ1v) is 7.43. The van der Waals surface area contributed by atoms with Gasteiger partial charge in [0.25, 0.3) is 5.89 Å². The van der Waals surface area contributed by atoms with Crippen molar-refractivity contribution in [3.63, 3.8) is 0 Å². The van der Waals surface area contributed by atoms with Crippen molar-refractivity contribution in [1.29, 1.82) is 0 Å². The Labute approximate surface area is 147 Å². The third-order valence-electron chi connectivity index (χ3n) is 4.31. The smallest absolute Gasteiger partial charge is 0.257 e. The van der Waals surface area contributed by atoms with Gasteiger partial charge in [0.15, 0.2) is 5.82 Å². The minimum atomic E-state index is 0. The second-order valence-electron chi connectivity index (χ2n) is 5.71. The number of hydrogen-bond acceptors (Lipinski definition) is 6. The number of nitrogens with zero attached hydrogens (tertiary/aromatic N) is 3. The van der Waals surface area contributed by atoms with Gasteiger partial charge in [-0.05, 0) is 37.2 Å². The van der Waals surface area contributed by atoms with E-state index in [4.69, 9.17) is 4.52 Å². The van der Waals surface area contributed by atoms with Crippen molar-refractivity contribution in [3.05, 3.63) is 29.6 Å². The van der Waals surface area contributed by atoms with Gasteiger partial charge in [0.1, 0.15) is 0 Å². The van der Waals surface area contributed by atoms with E-state index in [0.717, 1.165) is 44.0 Å². The van der Waals surface area contributed by atoms with E-state index < -0.39 is 0 Å². The summed E-state index contributed by atoms with van der Waals surface area (Å²) in [6.45, 7) is 3.88. The zero-order valence-electron chi connectivity index (χ0n) is 12.9. The van der Waals surface area contributed by atoms with E-state index in [0.29, 0.717) is 5.89 Å². The molecule has 6 nitrogen and oxygen atoms in total. The predicted molar refractivity (Wildman–Crippen MR) is 94.7 cm³/mol. The summed E-state index contributed by atoms with van der Waals surface area (Å²) >= 11 is 0. The van der Waals surface area contributed by atoms with Crippen LogP contribution in [0.2, 0.25) is 0 Å². The van der Waals surface area contributed by atoms with E-state index in [1.165, 1.54) is 11.3 Å². The first-order valence-electron chi connectivity index (χ1n) is 7.43. The number of anilines is 1. The van der Waals surface area contributed by atoms with Gasteiger partial charge >= 0.3 is 0 Å². The van der Waals surface area contributed by atoms with Gasteiger partial charge in [0.05, 0.1) is 6.04 Å². The molecule has 1 saturated heterocycles. The number of piperazine rings is 1. The molecule has 2 aliphatic rings. The van der Waals surface area contributed by atoms with Crippen LogP contribution in [0.4, 0.5) is 5.69 Å². The summed E-state index contributed by atoms with van der Waals surface area (Å²) < 4.78 is 5.48. The molecule has 2 aliphatic heterocycles. The maximum atomic E-state index is 5.48. The van der Waals surface area contributed by atoms with E-state index in [-0.39, 0.29) is 30.9 Å². The van der Waals surface area contributed by atoms with Crippen molar-refractivity contribution in [3.8, 4) is 11.5 Å². The molecule has 0 radical (unpaired) electrons. The standard InChI is InChI=1S/C15H19N5O.2ClH/c1-20-7-6-16-9-13(20)14-18-15(21-19-14)11-2-3-12-10(8-11)4-5-17-12;;/h2-3,8,13,16-17H,4-7,9H2,1H3;2*1H. The summed E-state index contributed by atoms with van der Waals surface area (Å²) in [5, 5.41) is 10.9. The number of nitrogens with one attached hydrogen (secondary N) is 2. The lowest BCUT2D eigenvalue weighted by Gasteiger charge is -2.30. The van der Waals surface area contributed by atoms with Crippen LogP contribution in [0, 0.1) is 0 Å². The topological polar surface area (TPSA) is 66.2 Å². The molecule has 0 bridgehead atoms. The number of hydrogen-bond donors (Lipinski definition) is 2. The van der Waals surface area contributed by atoms with Crippen LogP contribution in [-0.4, -0.2) is 48.3 Å². The molecular formula is C15H21Cl2N5O. The first-order chi connectivity index (χ1) is 10.3. The van der Waals surface area contributed by atoms with Gasteiger partial charge in [-0.1, -0.05) is 5.16 Å². The van der Waals surface area contributed by atoms with Gasteiger partial charge in [-0.15, -0.1) is 24.8 Å². The predicted octanol–water partition coefficient (Wildman–Crippen LogP) is 2.12. The largest absolute Gasteiger partial charge is 0.384 e. The van der Waals surface area contributed by atoms with Gasteiger partial charge in [-0.25, -0.2) is 0 Å². The molecule has 3 heterocycles. The molecular weight excluding hydrogens is 337 g/mol. The fraction of sp³-hybridized carbons (Fsp3) is 0.467. The quantitative estimate of drug-likeness (QED) is 0.858. The molecule has 1 aromatic carbocycles. The molecule has 0 amide bonds. The Morgan fingerprint density at radius 1 is 1.26 bits per heavy atom. The molecule has 1 fully saturated rings. The Balaban J connectivity index is 0.000000960. The van der Waals surface area contributed by atoms with Crippen LogP contribution in [0.25, 0.3) is 11.5 Å². The molecule has 2 N–H and O–H groups in total. The van der Waals surface area contributed by atoms with E-state index in [2.05, 4.69) is 44.9 Å². The molecule has 0 saturated carbocycles. The molecule has 1 aromatic heterocycles. The Hall–Kier alpha value is -1.34. The van der Waals surface area contributed by atoms with Crippen LogP contribution >= 0.6 is 24.8 Å². The lowest BCUT2D eigenvalue weighted by atomic mass is 10.1. The summed E-state index contributed by atoms with van der Waals surface area (Å²) in [4.78, 5) is 6.86. The Morgan fingerprint density at radius 2 is 2.13 bits per heavy atom. The first kappa shape index (κ1) is 18.0. The summed E-state index contributed by atoms with van der Waals surface area (Å²) in [6, 6.07) is 6.47. The Kier molecular flexibility index (Phi) is 5.86. The normalized spacial score (nSPS) is 20.1. The van der Waals surface area contributed by atoms with Crippen LogP contribution in [0.1, 0.15) is 17.4 Å². The molecule has 8 heteroatoms. The summed E-state index contributed by atoms with van der Waals surface area (Å²) in [7, 11) is 2.10. The van der Waals surface area contributed by atoms with Crippen molar-refractivity contribution >= 4 is 30.5 Å². The number of benzene rings is 1. The highest BCUT2D eigenvalue weighted by Crippen LogP contribution is 2.28. The minimum absolute atomic E-state index is 0. The number of aromatic nitrogens is 2. The third-order valence-corrected chi connectivity index (χ3v) is 4.31. The van der Waals surface area contributed by atoms with Crippen LogP contribution in [0.3, 0.4) is 0 Å². The van der Waals surface area contributed by atoms with E-state index in [9.17, 15) is 0 Å². The van der Waals surface area contributed by atoms with Crippen LogP contribution in [-0.2, 0) is 6.42 Å². The maximum Gasteiger partial charge on any atom is 0.257 e. The Morgan fingerprint density at radius 3 is 2.96 bits per heavy atom. The molecule has 2 aromatic rings. The Bertz CT molecular complexity index is 663. The number of likely N-dealkylation sites (N-methyl/N-ethyl adjacent to an activating group) is 1. The fourth-order valence-electron chi connectivity index (χ4n) is 3.02. The molecule has 1 unspecified atom stereocenters. The zero-order chi connectivity index (χ0) is 14.2. The molecule has 1 atom stereocenters. The highest BCUT2D eigenvalue weighted by Gasteiger charge is 2.25. The average molecular weight is 358 g/mol.